The van der Waals surface area contributed by atoms with E-state index in [1.54, 1.807) is 0 Å². The predicted molar refractivity (Wildman–Crippen MR) is 139 cm³/mol. The first-order chi connectivity index (χ1) is 17.1. The van der Waals surface area contributed by atoms with Crippen molar-refractivity contribution < 1.29 is 22.4 Å². The number of rotatable bonds is 10. The van der Waals surface area contributed by atoms with Crippen LogP contribution in [0.15, 0.2) is 78.9 Å². The third kappa shape index (κ3) is 7.05. The molecule has 0 aliphatic heterocycles. The fourth-order valence-electron chi connectivity index (χ4n) is 3.75. The minimum Gasteiger partial charge on any atom is -0.357 e. The largest absolute Gasteiger partial charge is 0.357 e. The Kier molecular flexibility index (Phi) is 9.06. The zero-order valence-electron chi connectivity index (χ0n) is 19.9. The van der Waals surface area contributed by atoms with Crippen LogP contribution in [0.4, 0.5) is 10.1 Å². The topological polar surface area (TPSA) is 86.8 Å². The lowest BCUT2D eigenvalue weighted by Crippen LogP contribution is -2.52. The van der Waals surface area contributed by atoms with Crippen LogP contribution in [-0.4, -0.2) is 51.0 Å². The summed E-state index contributed by atoms with van der Waals surface area (Å²) in [4.78, 5) is 28.1. The number of benzene rings is 3. The van der Waals surface area contributed by atoms with Crippen LogP contribution in [0, 0.1) is 5.82 Å². The lowest BCUT2D eigenvalue weighted by Gasteiger charge is -2.33. The van der Waals surface area contributed by atoms with Crippen LogP contribution in [0.25, 0.3) is 0 Å². The standard InChI is InChI=1S/C26H27ClFN3O4S/c1-29-26(33)24(15-19-9-5-3-6-10-19)30(17-20-11-7-4-8-12-20)25(32)18-31(36(2,34)35)21-13-14-23(28)22(27)16-21/h3-14,16,24H,15,17-18H2,1-2H3,(H,29,33)/t24-/m0/s1. The molecule has 0 heterocycles. The van der Waals surface area contributed by atoms with Gasteiger partial charge in [0.15, 0.2) is 0 Å². The summed E-state index contributed by atoms with van der Waals surface area (Å²) < 4.78 is 39.8. The van der Waals surface area contributed by atoms with E-state index >= 15 is 0 Å². The second-order valence-electron chi connectivity index (χ2n) is 8.20. The zero-order chi connectivity index (χ0) is 26.3. The Morgan fingerprint density at radius 3 is 2.08 bits per heavy atom. The summed E-state index contributed by atoms with van der Waals surface area (Å²) in [5.74, 6) is -1.71. The molecule has 0 bridgehead atoms. The van der Waals surface area contributed by atoms with E-state index < -0.39 is 34.3 Å². The molecule has 0 saturated carbocycles. The van der Waals surface area contributed by atoms with Gasteiger partial charge in [-0.25, -0.2) is 12.8 Å². The summed E-state index contributed by atoms with van der Waals surface area (Å²) in [6.07, 6.45) is 1.17. The number of halogens is 2. The van der Waals surface area contributed by atoms with Gasteiger partial charge in [0.1, 0.15) is 18.4 Å². The fraction of sp³-hybridized carbons (Fsp3) is 0.231. The Hall–Kier alpha value is -3.43. The van der Waals surface area contributed by atoms with Crippen molar-refractivity contribution in [2.45, 2.75) is 19.0 Å². The first-order valence-corrected chi connectivity index (χ1v) is 13.3. The summed E-state index contributed by atoms with van der Waals surface area (Å²) in [5, 5.41) is 2.34. The highest BCUT2D eigenvalue weighted by Crippen LogP contribution is 2.25. The Labute approximate surface area is 215 Å². The number of anilines is 1. The molecule has 2 amide bonds. The molecular formula is C26H27ClFN3O4S. The van der Waals surface area contributed by atoms with Crippen LogP contribution in [-0.2, 0) is 32.6 Å². The third-order valence-electron chi connectivity index (χ3n) is 5.58. The highest BCUT2D eigenvalue weighted by atomic mass is 35.5. The monoisotopic (exact) mass is 531 g/mol. The first kappa shape index (κ1) is 27.2. The molecule has 0 saturated heterocycles. The van der Waals surface area contributed by atoms with Crippen LogP contribution >= 0.6 is 11.6 Å². The molecule has 7 nitrogen and oxygen atoms in total. The van der Waals surface area contributed by atoms with Gasteiger partial charge in [0.2, 0.25) is 21.8 Å². The second-order valence-corrected chi connectivity index (χ2v) is 10.5. The molecule has 0 spiro atoms. The molecule has 0 aromatic heterocycles. The van der Waals surface area contributed by atoms with E-state index in [2.05, 4.69) is 5.32 Å². The molecule has 0 aliphatic carbocycles. The molecule has 0 unspecified atom stereocenters. The van der Waals surface area contributed by atoms with Crippen molar-refractivity contribution in [3.8, 4) is 0 Å². The van der Waals surface area contributed by atoms with Crippen LogP contribution in [0.3, 0.4) is 0 Å². The maximum atomic E-state index is 13.7. The van der Waals surface area contributed by atoms with Crippen LogP contribution in [0.2, 0.25) is 5.02 Å². The Morgan fingerprint density at radius 1 is 0.972 bits per heavy atom. The van der Waals surface area contributed by atoms with Gasteiger partial charge in [-0.05, 0) is 29.3 Å². The average molecular weight is 532 g/mol. The maximum absolute atomic E-state index is 13.7. The maximum Gasteiger partial charge on any atom is 0.244 e. The minimum atomic E-state index is -3.96. The molecule has 36 heavy (non-hydrogen) atoms. The number of likely N-dealkylation sites (N-methyl/N-ethyl adjacent to an activating group) is 1. The molecule has 3 rings (SSSR count). The third-order valence-corrected chi connectivity index (χ3v) is 7.01. The number of amides is 2. The average Bonchev–Trinajstić information content (AvgIpc) is 2.86. The van der Waals surface area contributed by atoms with Crippen molar-refractivity contribution in [3.63, 3.8) is 0 Å². The number of nitrogens with one attached hydrogen (secondary N) is 1. The van der Waals surface area contributed by atoms with Gasteiger partial charge in [0.05, 0.1) is 17.0 Å². The summed E-state index contributed by atoms with van der Waals surface area (Å²) in [7, 11) is -2.47. The summed E-state index contributed by atoms with van der Waals surface area (Å²) in [6.45, 7) is -0.526. The number of carbonyl (C=O) groups is 2. The number of hydrogen-bond acceptors (Lipinski definition) is 4. The van der Waals surface area contributed by atoms with E-state index in [0.29, 0.717) is 0 Å². The molecule has 1 N–H and O–H groups in total. The molecule has 1 atom stereocenters. The predicted octanol–water partition coefficient (Wildman–Crippen LogP) is 3.63. The summed E-state index contributed by atoms with van der Waals surface area (Å²) in [5.41, 5.74) is 1.64. The quantitative estimate of drug-likeness (QED) is 0.433. The highest BCUT2D eigenvalue weighted by Gasteiger charge is 2.32. The van der Waals surface area contributed by atoms with Gasteiger partial charge in [-0.3, -0.25) is 13.9 Å². The lowest BCUT2D eigenvalue weighted by atomic mass is 10.0. The first-order valence-electron chi connectivity index (χ1n) is 11.1. The highest BCUT2D eigenvalue weighted by molar-refractivity contribution is 7.92. The van der Waals surface area contributed by atoms with Crippen molar-refractivity contribution in [1.82, 2.24) is 10.2 Å². The van der Waals surface area contributed by atoms with E-state index in [4.69, 9.17) is 11.6 Å². The van der Waals surface area contributed by atoms with Gasteiger partial charge in [-0.2, -0.15) is 0 Å². The van der Waals surface area contributed by atoms with Gasteiger partial charge < -0.3 is 10.2 Å². The van der Waals surface area contributed by atoms with Crippen molar-refractivity contribution in [1.29, 1.82) is 0 Å². The van der Waals surface area contributed by atoms with E-state index in [0.717, 1.165) is 33.8 Å². The Morgan fingerprint density at radius 2 is 1.56 bits per heavy atom. The van der Waals surface area contributed by atoms with E-state index in [1.165, 1.54) is 18.0 Å². The normalized spacial score (nSPS) is 12.0. The number of hydrogen-bond donors (Lipinski definition) is 1. The van der Waals surface area contributed by atoms with Gasteiger partial charge in [0, 0.05) is 20.0 Å². The van der Waals surface area contributed by atoms with Crippen molar-refractivity contribution in [3.05, 3.63) is 101 Å². The van der Waals surface area contributed by atoms with Crippen molar-refractivity contribution in [2.75, 3.05) is 24.2 Å². The SMILES string of the molecule is CNC(=O)[C@H](Cc1ccccc1)N(Cc1ccccc1)C(=O)CN(c1ccc(F)c(Cl)c1)S(C)(=O)=O. The van der Waals surface area contributed by atoms with E-state index in [9.17, 15) is 22.4 Å². The fourth-order valence-corrected chi connectivity index (χ4v) is 4.77. The summed E-state index contributed by atoms with van der Waals surface area (Å²) >= 11 is 5.87. The molecule has 0 aliphatic rings. The van der Waals surface area contributed by atoms with Crippen molar-refractivity contribution >= 4 is 39.1 Å². The number of sulfonamides is 1. The summed E-state index contributed by atoms with van der Waals surface area (Å²) in [6, 6.07) is 20.8. The van der Waals surface area contributed by atoms with Crippen LogP contribution < -0.4 is 9.62 Å². The van der Waals surface area contributed by atoms with Crippen LogP contribution in [0.1, 0.15) is 11.1 Å². The van der Waals surface area contributed by atoms with Gasteiger partial charge in [0.25, 0.3) is 0 Å². The molecule has 0 fully saturated rings. The van der Waals surface area contributed by atoms with Gasteiger partial charge in [-0.1, -0.05) is 72.3 Å². The van der Waals surface area contributed by atoms with Gasteiger partial charge >= 0.3 is 0 Å². The van der Waals surface area contributed by atoms with E-state index in [-0.39, 0.29) is 29.6 Å². The minimum absolute atomic E-state index is 0.0384. The van der Waals surface area contributed by atoms with E-state index in [1.807, 2.05) is 60.7 Å². The Bertz CT molecular complexity index is 1310. The molecule has 0 radical (unpaired) electrons. The lowest BCUT2D eigenvalue weighted by molar-refractivity contribution is -0.139. The molecule has 3 aromatic rings. The molecule has 3 aromatic carbocycles. The number of carbonyl (C=O) groups excluding carboxylic acids is 2. The Balaban J connectivity index is 2.01. The molecule has 190 valence electrons. The van der Waals surface area contributed by atoms with Gasteiger partial charge in [-0.15, -0.1) is 0 Å². The molecule has 10 heteroatoms. The smallest absolute Gasteiger partial charge is 0.244 e. The van der Waals surface area contributed by atoms with Crippen LogP contribution in [0.5, 0.6) is 0 Å². The second kappa shape index (κ2) is 12.0. The number of nitrogens with zero attached hydrogens (tertiary/aromatic N) is 2. The zero-order valence-corrected chi connectivity index (χ0v) is 21.5. The van der Waals surface area contributed by atoms with Crippen molar-refractivity contribution in [2.24, 2.45) is 0 Å². The molecular weight excluding hydrogens is 505 g/mol.